The van der Waals surface area contributed by atoms with Gasteiger partial charge in [-0.15, -0.1) is 0 Å². The molecule has 0 aliphatic rings. The highest BCUT2D eigenvalue weighted by molar-refractivity contribution is 9.10. The Kier molecular flexibility index (Phi) is 4.79. The number of nitrogens with zero attached hydrogens (tertiary/aromatic N) is 1. The first kappa shape index (κ1) is 18.1. The predicted molar refractivity (Wildman–Crippen MR) is 110 cm³/mol. The van der Waals surface area contributed by atoms with E-state index in [1.54, 1.807) is 47.0 Å². The molecule has 4 aromatic rings. The van der Waals surface area contributed by atoms with Gasteiger partial charge in [-0.3, -0.25) is 9.59 Å². The monoisotopic (exact) mass is 436 g/mol. The smallest absolute Gasteiger partial charge is 0.298 e. The highest BCUT2D eigenvalue weighted by Crippen LogP contribution is 2.29. The van der Waals surface area contributed by atoms with Gasteiger partial charge in [0.2, 0.25) is 0 Å². The van der Waals surface area contributed by atoms with Gasteiger partial charge < -0.3 is 9.72 Å². The van der Waals surface area contributed by atoms with E-state index in [1.165, 1.54) is 12.1 Å². The maximum atomic E-state index is 13.3. The number of aromatic nitrogens is 1. The van der Waals surface area contributed by atoms with Crippen LogP contribution in [0.15, 0.2) is 83.5 Å². The number of nitrogens with one attached hydrogen (secondary N) is 1. The highest BCUT2D eigenvalue weighted by atomic mass is 79.9. The van der Waals surface area contributed by atoms with Gasteiger partial charge in [-0.05, 0) is 54.1 Å². The van der Waals surface area contributed by atoms with Crippen LogP contribution < -0.4 is 5.32 Å². The number of carbonyl (C=O) groups excluding carboxylic acids is 2. The number of anilines is 1. The van der Waals surface area contributed by atoms with Crippen LogP contribution in [0.1, 0.15) is 10.5 Å². The lowest BCUT2D eigenvalue weighted by atomic mass is 10.0. The molecule has 0 spiro atoms. The number of benzene rings is 2. The molecule has 2 heterocycles. The number of ketones is 1. The van der Waals surface area contributed by atoms with E-state index in [9.17, 15) is 14.0 Å². The van der Waals surface area contributed by atoms with Crippen LogP contribution in [0.3, 0.4) is 0 Å². The second-order valence-corrected chi connectivity index (χ2v) is 7.12. The minimum atomic E-state index is -0.745. The maximum absolute atomic E-state index is 13.3. The fourth-order valence-electron chi connectivity index (χ4n) is 3.07. The summed E-state index contributed by atoms with van der Waals surface area (Å²) in [6, 6.07) is 20.1. The summed E-state index contributed by atoms with van der Waals surface area (Å²) >= 11 is 3.34. The molecule has 4 nitrogen and oxygen atoms in total. The van der Waals surface area contributed by atoms with Crippen molar-refractivity contribution in [3.63, 3.8) is 0 Å². The molecular weight excluding hydrogens is 423 g/mol. The lowest BCUT2D eigenvalue weighted by molar-refractivity contribution is -0.112. The van der Waals surface area contributed by atoms with Crippen molar-refractivity contribution >= 4 is 38.8 Å². The molecule has 1 amide bonds. The summed E-state index contributed by atoms with van der Waals surface area (Å²) in [5.74, 6) is -1.79. The molecule has 4 rings (SSSR count). The third kappa shape index (κ3) is 3.46. The van der Waals surface area contributed by atoms with Crippen LogP contribution in [0.25, 0.3) is 16.6 Å². The van der Waals surface area contributed by atoms with Crippen molar-refractivity contribution in [3.8, 4) is 11.1 Å². The number of fused-ring (bicyclic) bond motifs is 1. The number of carbonyl (C=O) groups is 2. The van der Waals surface area contributed by atoms with Crippen LogP contribution in [0.4, 0.5) is 10.1 Å². The van der Waals surface area contributed by atoms with Gasteiger partial charge in [0.25, 0.3) is 11.7 Å². The highest BCUT2D eigenvalue weighted by Gasteiger charge is 2.24. The molecule has 2 aromatic heterocycles. The maximum Gasteiger partial charge on any atom is 0.298 e. The fraction of sp³-hybridized carbons (Fsp3) is 0. The minimum Gasteiger partial charge on any atom is -0.319 e. The van der Waals surface area contributed by atoms with Crippen molar-refractivity contribution < 1.29 is 14.0 Å². The number of rotatable bonds is 4. The van der Waals surface area contributed by atoms with Crippen molar-refractivity contribution in [3.05, 3.63) is 95.0 Å². The largest absolute Gasteiger partial charge is 0.319 e. The Balaban J connectivity index is 1.78. The molecule has 0 radical (unpaired) electrons. The van der Waals surface area contributed by atoms with Crippen molar-refractivity contribution in [2.24, 2.45) is 0 Å². The topological polar surface area (TPSA) is 50.6 Å². The number of Topliss-reactive ketones (excluding diaryl/α,β-unsaturated/α-hetero) is 1. The van der Waals surface area contributed by atoms with Crippen molar-refractivity contribution in [2.75, 3.05) is 5.32 Å². The van der Waals surface area contributed by atoms with Crippen molar-refractivity contribution in [2.45, 2.75) is 0 Å². The van der Waals surface area contributed by atoms with Gasteiger partial charge in [0.15, 0.2) is 0 Å². The van der Waals surface area contributed by atoms with E-state index in [4.69, 9.17) is 0 Å². The third-order valence-electron chi connectivity index (χ3n) is 4.34. The molecule has 6 heteroatoms. The van der Waals surface area contributed by atoms with Gasteiger partial charge in [0.05, 0.1) is 0 Å². The summed E-state index contributed by atoms with van der Waals surface area (Å²) < 4.78 is 15.8. The zero-order chi connectivity index (χ0) is 19.7. The molecular formula is C22H14BrFN2O2. The Labute approximate surface area is 168 Å². The summed E-state index contributed by atoms with van der Waals surface area (Å²) in [5.41, 5.74) is 2.73. The number of halogens is 2. The average molecular weight is 437 g/mol. The molecule has 0 saturated carbocycles. The van der Waals surface area contributed by atoms with E-state index in [0.717, 1.165) is 9.99 Å². The Morgan fingerprint density at radius 2 is 1.71 bits per heavy atom. The molecule has 0 atom stereocenters. The summed E-state index contributed by atoms with van der Waals surface area (Å²) in [7, 11) is 0. The molecule has 138 valence electrons. The van der Waals surface area contributed by atoms with Gasteiger partial charge in [-0.25, -0.2) is 4.39 Å². The Bertz CT molecular complexity index is 1200. The molecule has 0 saturated heterocycles. The number of hydrogen-bond acceptors (Lipinski definition) is 2. The van der Waals surface area contributed by atoms with Crippen molar-refractivity contribution in [1.29, 1.82) is 0 Å². The Morgan fingerprint density at radius 3 is 2.46 bits per heavy atom. The normalized spacial score (nSPS) is 10.8. The molecule has 28 heavy (non-hydrogen) atoms. The van der Waals surface area contributed by atoms with Crippen LogP contribution in [-0.2, 0) is 4.79 Å². The summed E-state index contributed by atoms with van der Waals surface area (Å²) in [6.45, 7) is 0. The quantitative estimate of drug-likeness (QED) is 0.347. The molecule has 0 fully saturated rings. The first-order chi connectivity index (χ1) is 13.5. The van der Waals surface area contributed by atoms with Crippen LogP contribution in [0.2, 0.25) is 0 Å². The SMILES string of the molecule is O=C(Nc1cccc(Br)c1)C(=O)c1c(-c2ccc(F)cc2)cc2ccccn12. The summed E-state index contributed by atoms with van der Waals surface area (Å²) in [5, 5.41) is 2.63. The van der Waals surface area contributed by atoms with Gasteiger partial charge in [0.1, 0.15) is 11.5 Å². The van der Waals surface area contributed by atoms with Gasteiger partial charge in [-0.1, -0.05) is 40.2 Å². The molecule has 0 bridgehead atoms. The van der Waals surface area contributed by atoms with Gasteiger partial charge in [-0.2, -0.15) is 0 Å². The zero-order valence-electron chi connectivity index (χ0n) is 14.5. The van der Waals surface area contributed by atoms with Crippen LogP contribution >= 0.6 is 15.9 Å². The standard InChI is InChI=1S/C22H14BrFN2O2/c23-15-4-3-5-17(12-15)25-22(28)21(27)20-19(14-7-9-16(24)10-8-14)13-18-6-1-2-11-26(18)20/h1-13H,(H,25,28). The van der Waals surface area contributed by atoms with E-state index in [1.807, 2.05) is 24.3 Å². The van der Waals surface area contributed by atoms with E-state index in [0.29, 0.717) is 16.8 Å². The van der Waals surface area contributed by atoms with Crippen LogP contribution in [0.5, 0.6) is 0 Å². The van der Waals surface area contributed by atoms with E-state index in [2.05, 4.69) is 21.2 Å². The number of pyridine rings is 1. The Morgan fingerprint density at radius 1 is 0.929 bits per heavy atom. The van der Waals surface area contributed by atoms with Crippen molar-refractivity contribution in [1.82, 2.24) is 4.40 Å². The van der Waals surface area contributed by atoms with E-state index < -0.39 is 11.7 Å². The number of hydrogen-bond donors (Lipinski definition) is 1. The molecule has 2 aromatic carbocycles. The molecule has 0 aliphatic carbocycles. The third-order valence-corrected chi connectivity index (χ3v) is 4.83. The molecule has 1 N–H and O–H groups in total. The van der Waals surface area contributed by atoms with Gasteiger partial charge in [0, 0.05) is 27.4 Å². The van der Waals surface area contributed by atoms with Gasteiger partial charge >= 0.3 is 0 Å². The number of amides is 1. The second kappa shape index (κ2) is 7.40. The first-order valence-electron chi connectivity index (χ1n) is 8.50. The Hall–Kier alpha value is -3.25. The van der Waals surface area contributed by atoms with E-state index >= 15 is 0 Å². The zero-order valence-corrected chi connectivity index (χ0v) is 16.1. The first-order valence-corrected chi connectivity index (χ1v) is 9.29. The van der Waals surface area contributed by atoms with Crippen LogP contribution in [-0.4, -0.2) is 16.1 Å². The summed E-state index contributed by atoms with van der Waals surface area (Å²) in [6.07, 6.45) is 1.72. The van der Waals surface area contributed by atoms with E-state index in [-0.39, 0.29) is 11.5 Å². The fourth-order valence-corrected chi connectivity index (χ4v) is 3.47. The lowest BCUT2D eigenvalue weighted by Gasteiger charge is -2.08. The average Bonchev–Trinajstić information content (AvgIpc) is 3.07. The molecule has 0 unspecified atom stereocenters. The molecule has 0 aliphatic heterocycles. The second-order valence-electron chi connectivity index (χ2n) is 6.20. The summed E-state index contributed by atoms with van der Waals surface area (Å²) in [4.78, 5) is 25.7. The lowest BCUT2D eigenvalue weighted by Crippen LogP contribution is -2.24. The van der Waals surface area contributed by atoms with Crippen LogP contribution in [0, 0.1) is 5.82 Å². The minimum absolute atomic E-state index is 0.231. The predicted octanol–water partition coefficient (Wildman–Crippen LogP) is 5.33.